The van der Waals surface area contributed by atoms with E-state index in [9.17, 15) is 9.90 Å². The largest absolute Gasteiger partial charge is 0.385 e. The van der Waals surface area contributed by atoms with Crippen LogP contribution in [-0.2, 0) is 10.4 Å². The first-order valence-corrected chi connectivity index (χ1v) is 6.80. The van der Waals surface area contributed by atoms with E-state index in [1.54, 1.807) is 6.92 Å². The van der Waals surface area contributed by atoms with E-state index in [2.05, 4.69) is 17.5 Å². The Labute approximate surface area is 114 Å². The van der Waals surface area contributed by atoms with Crippen molar-refractivity contribution in [2.24, 2.45) is 0 Å². The maximum absolute atomic E-state index is 12.0. The van der Waals surface area contributed by atoms with Gasteiger partial charge in [0.15, 0.2) is 0 Å². The summed E-state index contributed by atoms with van der Waals surface area (Å²) in [6.45, 7) is 1.68. The minimum absolute atomic E-state index is 0.0887. The van der Waals surface area contributed by atoms with Crippen molar-refractivity contribution in [2.75, 3.05) is 0 Å². The van der Waals surface area contributed by atoms with Crippen LogP contribution in [0.4, 0.5) is 0 Å². The molecular weight excluding hydrogens is 238 g/mol. The molecule has 0 fully saturated rings. The molecule has 1 aliphatic rings. The summed E-state index contributed by atoms with van der Waals surface area (Å²) in [6, 6.07) is 9.53. The highest BCUT2D eigenvalue weighted by Crippen LogP contribution is 2.24. The molecular formula is C16H21NO2. The molecule has 0 aliphatic heterocycles. The third kappa shape index (κ3) is 3.93. The number of carbonyl (C=O) groups excluding carboxylic acids is 1. The number of allylic oxidation sites excluding steroid dienone is 1. The first kappa shape index (κ1) is 13.8. The fourth-order valence-corrected chi connectivity index (χ4v) is 2.42. The molecule has 0 bridgehead atoms. The van der Waals surface area contributed by atoms with E-state index in [1.807, 2.05) is 30.3 Å². The smallest absolute Gasteiger partial charge is 0.223 e. The summed E-state index contributed by atoms with van der Waals surface area (Å²) in [5, 5.41) is 13.4. The van der Waals surface area contributed by atoms with Gasteiger partial charge in [0.25, 0.3) is 0 Å². The predicted octanol–water partition coefficient (Wildman–Crippen LogP) is 2.51. The molecule has 0 radical (unpaired) electrons. The van der Waals surface area contributed by atoms with Gasteiger partial charge >= 0.3 is 0 Å². The molecule has 1 amide bonds. The summed E-state index contributed by atoms with van der Waals surface area (Å²) in [7, 11) is 0. The molecule has 3 heteroatoms. The van der Waals surface area contributed by atoms with Crippen molar-refractivity contribution in [2.45, 2.75) is 44.2 Å². The Kier molecular flexibility index (Phi) is 4.38. The van der Waals surface area contributed by atoms with Crippen LogP contribution in [0.25, 0.3) is 0 Å². The molecule has 0 heterocycles. The van der Waals surface area contributed by atoms with Gasteiger partial charge < -0.3 is 10.4 Å². The SMILES string of the molecule is CC(O)(CC(=O)NC1CC=CCC1)c1ccccc1. The third-order valence-electron chi connectivity index (χ3n) is 3.53. The first-order chi connectivity index (χ1) is 9.08. The van der Waals surface area contributed by atoms with Crippen molar-refractivity contribution in [1.29, 1.82) is 0 Å². The summed E-state index contributed by atoms with van der Waals surface area (Å²) < 4.78 is 0. The Morgan fingerprint density at radius 1 is 1.37 bits per heavy atom. The number of hydrogen-bond acceptors (Lipinski definition) is 2. The maximum Gasteiger partial charge on any atom is 0.223 e. The van der Waals surface area contributed by atoms with Crippen molar-refractivity contribution in [3.05, 3.63) is 48.0 Å². The van der Waals surface area contributed by atoms with Crippen LogP contribution in [0, 0.1) is 0 Å². The zero-order valence-corrected chi connectivity index (χ0v) is 11.3. The summed E-state index contributed by atoms with van der Waals surface area (Å²) in [5.41, 5.74) is -0.343. The lowest BCUT2D eigenvalue weighted by molar-refractivity contribution is -0.126. The average molecular weight is 259 g/mol. The van der Waals surface area contributed by atoms with Gasteiger partial charge in [-0.2, -0.15) is 0 Å². The molecule has 0 saturated heterocycles. The molecule has 1 aliphatic carbocycles. The Bertz CT molecular complexity index is 451. The van der Waals surface area contributed by atoms with Crippen LogP contribution in [0.3, 0.4) is 0 Å². The van der Waals surface area contributed by atoms with Gasteiger partial charge in [0, 0.05) is 6.04 Å². The molecule has 2 atom stereocenters. The number of carbonyl (C=O) groups is 1. The third-order valence-corrected chi connectivity index (χ3v) is 3.53. The van der Waals surface area contributed by atoms with E-state index in [0.717, 1.165) is 24.8 Å². The van der Waals surface area contributed by atoms with Crippen molar-refractivity contribution >= 4 is 5.91 Å². The highest BCUT2D eigenvalue weighted by Gasteiger charge is 2.27. The second kappa shape index (κ2) is 6.02. The van der Waals surface area contributed by atoms with Gasteiger partial charge in [-0.15, -0.1) is 0 Å². The second-order valence-electron chi connectivity index (χ2n) is 5.37. The van der Waals surface area contributed by atoms with Gasteiger partial charge in [0.2, 0.25) is 5.91 Å². The van der Waals surface area contributed by atoms with Crippen LogP contribution >= 0.6 is 0 Å². The lowest BCUT2D eigenvalue weighted by Crippen LogP contribution is -2.39. The quantitative estimate of drug-likeness (QED) is 0.816. The van der Waals surface area contributed by atoms with E-state index in [-0.39, 0.29) is 18.4 Å². The minimum Gasteiger partial charge on any atom is -0.385 e. The molecule has 1 aromatic rings. The second-order valence-corrected chi connectivity index (χ2v) is 5.37. The van der Waals surface area contributed by atoms with Crippen molar-refractivity contribution in [3.63, 3.8) is 0 Å². The molecule has 2 N–H and O–H groups in total. The molecule has 0 spiro atoms. The molecule has 1 aromatic carbocycles. The molecule has 0 saturated carbocycles. The van der Waals surface area contributed by atoms with Crippen LogP contribution in [0.5, 0.6) is 0 Å². The fraction of sp³-hybridized carbons (Fsp3) is 0.438. The van der Waals surface area contributed by atoms with Crippen molar-refractivity contribution in [1.82, 2.24) is 5.32 Å². The molecule has 2 rings (SSSR count). The van der Waals surface area contributed by atoms with Crippen LogP contribution < -0.4 is 5.32 Å². The van der Waals surface area contributed by atoms with Crippen LogP contribution in [0.2, 0.25) is 0 Å². The maximum atomic E-state index is 12.0. The minimum atomic E-state index is -1.12. The number of amides is 1. The highest BCUT2D eigenvalue weighted by molar-refractivity contribution is 5.77. The van der Waals surface area contributed by atoms with Gasteiger partial charge in [0.05, 0.1) is 12.0 Å². The lowest BCUT2D eigenvalue weighted by atomic mass is 9.92. The summed E-state index contributed by atoms with van der Waals surface area (Å²) in [5.74, 6) is -0.0887. The van der Waals surface area contributed by atoms with E-state index >= 15 is 0 Å². The van der Waals surface area contributed by atoms with Gasteiger partial charge in [-0.1, -0.05) is 42.5 Å². The Morgan fingerprint density at radius 3 is 2.74 bits per heavy atom. The Morgan fingerprint density at radius 2 is 2.11 bits per heavy atom. The highest BCUT2D eigenvalue weighted by atomic mass is 16.3. The summed E-state index contributed by atoms with van der Waals surface area (Å²) in [6.07, 6.45) is 7.22. The molecule has 19 heavy (non-hydrogen) atoms. The predicted molar refractivity (Wildman–Crippen MR) is 75.6 cm³/mol. The molecule has 0 aromatic heterocycles. The fourth-order valence-electron chi connectivity index (χ4n) is 2.42. The van der Waals surface area contributed by atoms with Crippen LogP contribution in [-0.4, -0.2) is 17.1 Å². The first-order valence-electron chi connectivity index (χ1n) is 6.80. The van der Waals surface area contributed by atoms with Crippen LogP contribution in [0.1, 0.15) is 38.2 Å². The standard InChI is InChI=1S/C16H21NO2/c1-16(19,13-8-4-2-5-9-13)12-15(18)17-14-10-6-3-7-11-14/h2-6,8-9,14,19H,7,10-12H2,1H3,(H,17,18). The summed E-state index contributed by atoms with van der Waals surface area (Å²) >= 11 is 0. The lowest BCUT2D eigenvalue weighted by Gasteiger charge is -2.25. The monoisotopic (exact) mass is 259 g/mol. The number of aliphatic hydroxyl groups is 1. The topological polar surface area (TPSA) is 49.3 Å². The van der Waals surface area contributed by atoms with Gasteiger partial charge in [-0.25, -0.2) is 0 Å². The average Bonchev–Trinajstić information content (AvgIpc) is 2.40. The normalized spacial score (nSPS) is 21.7. The zero-order chi connectivity index (χ0) is 13.7. The Balaban J connectivity index is 1.92. The molecule has 2 unspecified atom stereocenters. The van der Waals surface area contributed by atoms with Crippen molar-refractivity contribution < 1.29 is 9.90 Å². The number of benzene rings is 1. The van der Waals surface area contributed by atoms with Gasteiger partial charge in [-0.3, -0.25) is 4.79 Å². The van der Waals surface area contributed by atoms with E-state index in [0.29, 0.717) is 0 Å². The number of rotatable bonds is 4. The Hall–Kier alpha value is -1.61. The number of hydrogen-bond donors (Lipinski definition) is 2. The van der Waals surface area contributed by atoms with Gasteiger partial charge in [-0.05, 0) is 31.7 Å². The molecule has 102 valence electrons. The zero-order valence-electron chi connectivity index (χ0n) is 11.3. The van der Waals surface area contributed by atoms with E-state index in [1.165, 1.54) is 0 Å². The summed E-state index contributed by atoms with van der Waals surface area (Å²) in [4.78, 5) is 12.0. The van der Waals surface area contributed by atoms with Crippen molar-refractivity contribution in [3.8, 4) is 0 Å². The van der Waals surface area contributed by atoms with E-state index in [4.69, 9.17) is 0 Å². The molecule has 3 nitrogen and oxygen atoms in total. The number of nitrogens with one attached hydrogen (secondary N) is 1. The van der Waals surface area contributed by atoms with Gasteiger partial charge in [0.1, 0.15) is 0 Å². The van der Waals surface area contributed by atoms with E-state index < -0.39 is 5.60 Å². The van der Waals surface area contributed by atoms with Crippen LogP contribution in [0.15, 0.2) is 42.5 Å².